The predicted molar refractivity (Wildman–Crippen MR) is 119 cm³/mol. The minimum absolute atomic E-state index is 0.0824. The van der Waals surface area contributed by atoms with Gasteiger partial charge < -0.3 is 10.1 Å². The van der Waals surface area contributed by atoms with E-state index in [4.69, 9.17) is 4.74 Å². The fourth-order valence-corrected chi connectivity index (χ4v) is 5.37. The largest absolute Gasteiger partial charge is 0.483 e. The number of aryl methyl sites for hydroxylation is 1. The molecule has 0 heterocycles. The van der Waals surface area contributed by atoms with Crippen LogP contribution < -0.4 is 10.1 Å². The third kappa shape index (κ3) is 4.54. The molecule has 9 heteroatoms. The van der Waals surface area contributed by atoms with Crippen molar-refractivity contribution < 1.29 is 27.1 Å². The second-order valence-corrected chi connectivity index (χ2v) is 9.70. The Balaban J connectivity index is 1.76. The number of sulfonamides is 1. The SMILES string of the molecule is CCN(CC)S(=O)(=O)c1ccc(C)c(NC(=O)COc2ccc(F)c3c2C(=O)C[C@H]3C)c1. The lowest BCUT2D eigenvalue weighted by atomic mass is 10.0. The van der Waals surface area contributed by atoms with Crippen molar-refractivity contribution in [1.29, 1.82) is 0 Å². The normalized spacial score (nSPS) is 15.7. The van der Waals surface area contributed by atoms with E-state index in [0.29, 0.717) is 29.9 Å². The number of hydrogen-bond donors (Lipinski definition) is 1. The Morgan fingerprint density at radius 1 is 1.22 bits per heavy atom. The van der Waals surface area contributed by atoms with Crippen LogP contribution in [0.2, 0.25) is 0 Å². The molecule has 1 aliphatic carbocycles. The Hall–Kier alpha value is -2.78. The van der Waals surface area contributed by atoms with E-state index in [-0.39, 0.29) is 34.3 Å². The molecule has 0 saturated carbocycles. The van der Waals surface area contributed by atoms with Gasteiger partial charge in [-0.05, 0) is 42.7 Å². The van der Waals surface area contributed by atoms with Gasteiger partial charge in [0.05, 0.1) is 10.5 Å². The summed E-state index contributed by atoms with van der Waals surface area (Å²) in [5, 5.41) is 2.66. The van der Waals surface area contributed by atoms with Gasteiger partial charge in [0.15, 0.2) is 12.4 Å². The van der Waals surface area contributed by atoms with Crippen molar-refractivity contribution in [2.45, 2.75) is 44.9 Å². The molecular formula is C23H27FN2O5S. The average molecular weight is 463 g/mol. The Labute approximate surface area is 187 Å². The number of halogens is 1. The van der Waals surface area contributed by atoms with Gasteiger partial charge in [0.2, 0.25) is 10.0 Å². The van der Waals surface area contributed by atoms with Crippen molar-refractivity contribution in [2.24, 2.45) is 0 Å². The van der Waals surface area contributed by atoms with Gasteiger partial charge in [-0.1, -0.05) is 26.8 Å². The number of rotatable bonds is 8. The molecule has 1 amide bonds. The molecule has 1 aliphatic rings. The third-order valence-electron chi connectivity index (χ3n) is 5.60. The number of carbonyl (C=O) groups is 2. The van der Waals surface area contributed by atoms with E-state index in [2.05, 4.69) is 5.32 Å². The van der Waals surface area contributed by atoms with Crippen LogP contribution in [0.4, 0.5) is 10.1 Å². The first kappa shape index (κ1) is 23.9. The van der Waals surface area contributed by atoms with Crippen LogP contribution >= 0.6 is 0 Å². The summed E-state index contributed by atoms with van der Waals surface area (Å²) in [6, 6.07) is 7.12. The molecule has 0 saturated heterocycles. The van der Waals surface area contributed by atoms with E-state index < -0.39 is 28.4 Å². The monoisotopic (exact) mass is 462 g/mol. The summed E-state index contributed by atoms with van der Waals surface area (Å²) in [5.74, 6) is -1.28. The number of fused-ring (bicyclic) bond motifs is 1. The molecule has 0 unspecified atom stereocenters. The zero-order chi connectivity index (χ0) is 23.6. The highest BCUT2D eigenvalue weighted by molar-refractivity contribution is 7.89. The number of Topliss-reactive ketones (excluding diaryl/α,β-unsaturated/α-hetero) is 1. The zero-order valence-electron chi connectivity index (χ0n) is 18.6. The van der Waals surface area contributed by atoms with E-state index in [0.717, 1.165) is 0 Å². The van der Waals surface area contributed by atoms with Crippen molar-refractivity contribution in [2.75, 3.05) is 25.0 Å². The maximum absolute atomic E-state index is 14.1. The van der Waals surface area contributed by atoms with Gasteiger partial charge >= 0.3 is 0 Å². The lowest BCUT2D eigenvalue weighted by Gasteiger charge is -2.19. The molecule has 0 aromatic heterocycles. The first-order valence-electron chi connectivity index (χ1n) is 10.5. The van der Waals surface area contributed by atoms with Gasteiger partial charge in [-0.3, -0.25) is 9.59 Å². The summed E-state index contributed by atoms with van der Waals surface area (Å²) >= 11 is 0. The summed E-state index contributed by atoms with van der Waals surface area (Å²) in [6.45, 7) is 7.29. The highest BCUT2D eigenvalue weighted by atomic mass is 32.2. The highest BCUT2D eigenvalue weighted by Crippen LogP contribution is 2.39. The number of benzene rings is 2. The van der Waals surface area contributed by atoms with Gasteiger partial charge in [-0.25, -0.2) is 12.8 Å². The van der Waals surface area contributed by atoms with Gasteiger partial charge in [0, 0.05) is 30.8 Å². The Morgan fingerprint density at radius 3 is 2.56 bits per heavy atom. The first-order chi connectivity index (χ1) is 15.1. The van der Waals surface area contributed by atoms with E-state index in [1.165, 1.54) is 28.6 Å². The number of anilines is 1. The number of hydrogen-bond acceptors (Lipinski definition) is 5. The van der Waals surface area contributed by atoms with Crippen LogP contribution in [0.25, 0.3) is 0 Å². The topological polar surface area (TPSA) is 92.8 Å². The van der Waals surface area contributed by atoms with Gasteiger partial charge in [0.1, 0.15) is 11.6 Å². The number of nitrogens with one attached hydrogen (secondary N) is 1. The average Bonchev–Trinajstić information content (AvgIpc) is 3.05. The lowest BCUT2D eigenvalue weighted by Crippen LogP contribution is -2.30. The second kappa shape index (κ2) is 9.38. The molecule has 0 bridgehead atoms. The fraction of sp³-hybridized carbons (Fsp3) is 0.391. The van der Waals surface area contributed by atoms with Crippen LogP contribution in [0.1, 0.15) is 54.6 Å². The molecule has 1 atom stereocenters. The zero-order valence-corrected chi connectivity index (χ0v) is 19.4. The fourth-order valence-electron chi connectivity index (χ4n) is 3.88. The van der Waals surface area contributed by atoms with Crippen molar-refractivity contribution >= 4 is 27.4 Å². The minimum Gasteiger partial charge on any atom is -0.483 e. The molecule has 3 rings (SSSR count). The molecule has 2 aromatic carbocycles. The molecule has 172 valence electrons. The van der Waals surface area contributed by atoms with E-state index in [9.17, 15) is 22.4 Å². The molecular weight excluding hydrogens is 435 g/mol. The van der Waals surface area contributed by atoms with Crippen molar-refractivity contribution in [1.82, 2.24) is 4.31 Å². The summed E-state index contributed by atoms with van der Waals surface area (Å²) in [7, 11) is -3.68. The Bertz CT molecular complexity index is 1160. The molecule has 2 aromatic rings. The summed E-state index contributed by atoms with van der Waals surface area (Å²) in [6.07, 6.45) is 0.200. The van der Waals surface area contributed by atoms with Gasteiger partial charge in [-0.2, -0.15) is 4.31 Å². The number of carbonyl (C=O) groups excluding carboxylic acids is 2. The van der Waals surface area contributed by atoms with E-state index >= 15 is 0 Å². The quantitative estimate of drug-likeness (QED) is 0.643. The smallest absolute Gasteiger partial charge is 0.262 e. The predicted octanol–water partition coefficient (Wildman–Crippen LogP) is 3.87. The highest BCUT2D eigenvalue weighted by Gasteiger charge is 2.32. The summed E-state index contributed by atoms with van der Waals surface area (Å²) in [4.78, 5) is 24.8. The van der Waals surface area contributed by atoms with Crippen molar-refractivity contribution in [3.8, 4) is 5.75 Å². The lowest BCUT2D eigenvalue weighted by molar-refractivity contribution is -0.118. The van der Waals surface area contributed by atoms with E-state index in [1.807, 2.05) is 0 Å². The molecule has 0 fully saturated rings. The number of amides is 1. The standard InChI is InChI=1S/C23H27FN2O5S/c1-5-26(6-2)32(29,30)16-8-7-14(3)18(12-16)25-21(28)13-31-20-10-9-17(24)22-15(4)11-19(27)23(20)22/h7-10,12,15H,5-6,11,13H2,1-4H3,(H,25,28)/t15-/m1/s1. The van der Waals surface area contributed by atoms with Gasteiger partial charge in [0.25, 0.3) is 5.91 Å². The number of ether oxygens (including phenoxy) is 1. The molecule has 1 N–H and O–H groups in total. The van der Waals surface area contributed by atoms with Crippen LogP contribution in [0, 0.1) is 12.7 Å². The molecule has 7 nitrogen and oxygen atoms in total. The van der Waals surface area contributed by atoms with Crippen molar-refractivity contribution in [3.05, 3.63) is 52.8 Å². The summed E-state index contributed by atoms with van der Waals surface area (Å²) < 4.78 is 46.5. The Morgan fingerprint density at radius 2 is 1.91 bits per heavy atom. The molecule has 0 radical (unpaired) electrons. The molecule has 0 aliphatic heterocycles. The van der Waals surface area contributed by atoms with Gasteiger partial charge in [-0.15, -0.1) is 0 Å². The minimum atomic E-state index is -3.68. The van der Waals surface area contributed by atoms with E-state index in [1.54, 1.807) is 33.8 Å². The van der Waals surface area contributed by atoms with Crippen molar-refractivity contribution in [3.63, 3.8) is 0 Å². The van der Waals surface area contributed by atoms with Crippen LogP contribution in [-0.4, -0.2) is 44.1 Å². The first-order valence-corrected chi connectivity index (χ1v) is 11.9. The maximum atomic E-state index is 14.1. The maximum Gasteiger partial charge on any atom is 0.262 e. The molecule has 32 heavy (non-hydrogen) atoms. The summed E-state index contributed by atoms with van der Waals surface area (Å²) in [5.41, 5.74) is 1.54. The van der Waals surface area contributed by atoms with Crippen LogP contribution in [-0.2, 0) is 14.8 Å². The number of nitrogens with zero attached hydrogens (tertiary/aromatic N) is 1. The van der Waals surface area contributed by atoms with Crippen LogP contribution in [0.3, 0.4) is 0 Å². The molecule has 0 spiro atoms. The number of ketones is 1. The van der Waals surface area contributed by atoms with Crippen LogP contribution in [0.15, 0.2) is 35.2 Å². The third-order valence-corrected chi connectivity index (χ3v) is 7.65. The second-order valence-electron chi connectivity index (χ2n) is 7.77. The van der Waals surface area contributed by atoms with Crippen LogP contribution in [0.5, 0.6) is 5.75 Å². The Kier molecular flexibility index (Phi) is 7.00.